The number of amides is 1. The zero-order valence-electron chi connectivity index (χ0n) is 22.7. The van der Waals surface area contributed by atoms with E-state index in [0.29, 0.717) is 24.1 Å². The number of aliphatic hydroxyl groups excluding tert-OH is 1. The summed E-state index contributed by atoms with van der Waals surface area (Å²) >= 11 is 0. The standard InChI is InChI=1S/C29H31F4N3O5/c1-17(37)15-41-23-9-6-19(12-24(23)40-3)26(38)34-16-28(39,29(31,32)33)25-14-20(27(2)10-11-35-27)13-22(36-25)18-4-7-21(30)8-5-18/h4-9,12-14,17,35,37,39H,10-11,15-16H2,1-3H3,(H,34,38). The fourth-order valence-electron chi connectivity index (χ4n) is 4.36. The predicted molar refractivity (Wildman–Crippen MR) is 142 cm³/mol. The highest BCUT2D eigenvalue weighted by Gasteiger charge is 2.57. The van der Waals surface area contributed by atoms with E-state index in [1.807, 2.05) is 6.92 Å². The molecule has 1 amide bonds. The Kier molecular flexibility index (Phi) is 8.57. The van der Waals surface area contributed by atoms with Gasteiger partial charge in [-0.05, 0) is 87.0 Å². The van der Waals surface area contributed by atoms with Crippen LogP contribution in [-0.2, 0) is 11.1 Å². The average molecular weight is 578 g/mol. The van der Waals surface area contributed by atoms with Crippen molar-refractivity contribution in [1.29, 1.82) is 0 Å². The number of aliphatic hydroxyl groups is 2. The second-order valence-corrected chi connectivity index (χ2v) is 10.2. The van der Waals surface area contributed by atoms with Crippen molar-refractivity contribution in [2.75, 3.05) is 26.8 Å². The van der Waals surface area contributed by atoms with Crippen molar-refractivity contribution < 1.29 is 42.0 Å². The molecule has 1 aliphatic rings. The zero-order chi connectivity index (χ0) is 30.0. The minimum absolute atomic E-state index is 0.0406. The Balaban J connectivity index is 1.67. The third-order valence-corrected chi connectivity index (χ3v) is 7.05. The molecule has 12 heteroatoms. The molecule has 4 N–H and O–H groups in total. The lowest BCUT2D eigenvalue weighted by Crippen LogP contribution is -2.53. The van der Waals surface area contributed by atoms with Gasteiger partial charge in [0.2, 0.25) is 5.60 Å². The molecule has 1 aromatic heterocycles. The molecular formula is C29H31F4N3O5. The van der Waals surface area contributed by atoms with Crippen LogP contribution in [-0.4, -0.2) is 60.2 Å². The van der Waals surface area contributed by atoms with Gasteiger partial charge in [-0.2, -0.15) is 13.2 Å². The smallest absolute Gasteiger partial charge is 0.424 e. The van der Waals surface area contributed by atoms with E-state index in [0.717, 1.165) is 12.1 Å². The highest BCUT2D eigenvalue weighted by molar-refractivity contribution is 5.95. The maximum Gasteiger partial charge on any atom is 0.424 e. The number of methoxy groups -OCH3 is 1. The van der Waals surface area contributed by atoms with Crippen LogP contribution < -0.4 is 20.1 Å². The van der Waals surface area contributed by atoms with E-state index in [2.05, 4.69) is 15.6 Å². The van der Waals surface area contributed by atoms with Gasteiger partial charge in [-0.1, -0.05) is 0 Å². The molecule has 8 nitrogen and oxygen atoms in total. The molecule has 220 valence electrons. The molecule has 0 saturated carbocycles. The van der Waals surface area contributed by atoms with E-state index in [-0.39, 0.29) is 29.4 Å². The van der Waals surface area contributed by atoms with Crippen LogP contribution in [0.15, 0.2) is 54.6 Å². The van der Waals surface area contributed by atoms with Gasteiger partial charge in [0.25, 0.3) is 5.91 Å². The molecule has 3 atom stereocenters. The number of alkyl halides is 3. The highest BCUT2D eigenvalue weighted by atomic mass is 19.4. The molecule has 4 rings (SSSR count). The van der Waals surface area contributed by atoms with Crippen LogP contribution in [0.5, 0.6) is 11.5 Å². The van der Waals surface area contributed by atoms with Crippen LogP contribution in [0.3, 0.4) is 0 Å². The third kappa shape index (κ3) is 6.45. The number of ether oxygens (including phenoxy) is 2. The Hall–Kier alpha value is -3.74. The second-order valence-electron chi connectivity index (χ2n) is 10.2. The van der Waals surface area contributed by atoms with Crippen molar-refractivity contribution in [3.05, 3.63) is 77.2 Å². The number of hydrogen-bond donors (Lipinski definition) is 4. The van der Waals surface area contributed by atoms with Crippen molar-refractivity contribution in [3.8, 4) is 22.8 Å². The van der Waals surface area contributed by atoms with Gasteiger partial charge in [0, 0.05) is 16.7 Å². The Labute approximate surface area is 234 Å². The number of aromatic nitrogens is 1. The van der Waals surface area contributed by atoms with Crippen LogP contribution in [0, 0.1) is 5.82 Å². The fourth-order valence-corrected chi connectivity index (χ4v) is 4.36. The van der Waals surface area contributed by atoms with Crippen LogP contribution in [0.1, 0.15) is 41.9 Å². The van der Waals surface area contributed by atoms with Gasteiger partial charge < -0.3 is 30.3 Å². The van der Waals surface area contributed by atoms with Crippen LogP contribution >= 0.6 is 0 Å². The number of carbonyl (C=O) groups excluding carboxylic acids is 1. The van der Waals surface area contributed by atoms with E-state index < -0.39 is 47.4 Å². The van der Waals surface area contributed by atoms with Crippen molar-refractivity contribution >= 4 is 5.91 Å². The minimum atomic E-state index is -5.23. The zero-order valence-corrected chi connectivity index (χ0v) is 22.7. The fraction of sp³-hybridized carbons (Fsp3) is 0.379. The molecule has 0 bridgehead atoms. The summed E-state index contributed by atoms with van der Waals surface area (Å²) < 4.78 is 67.7. The van der Waals surface area contributed by atoms with Gasteiger partial charge >= 0.3 is 6.18 Å². The van der Waals surface area contributed by atoms with E-state index in [9.17, 15) is 32.6 Å². The molecule has 0 aliphatic carbocycles. The summed E-state index contributed by atoms with van der Waals surface area (Å²) in [6.45, 7) is 2.72. The lowest BCUT2D eigenvalue weighted by atomic mass is 9.81. The molecule has 1 saturated heterocycles. The molecule has 1 fully saturated rings. The molecule has 0 radical (unpaired) electrons. The van der Waals surface area contributed by atoms with Gasteiger partial charge in [-0.15, -0.1) is 0 Å². The predicted octanol–water partition coefficient (Wildman–Crippen LogP) is 4.04. The summed E-state index contributed by atoms with van der Waals surface area (Å²) in [7, 11) is 1.32. The van der Waals surface area contributed by atoms with Crippen molar-refractivity contribution in [1.82, 2.24) is 15.6 Å². The quantitative estimate of drug-likeness (QED) is 0.269. The maximum atomic E-state index is 14.5. The SMILES string of the molecule is COc1cc(C(=O)NCC(O)(c2cc(C3(C)CCN3)cc(-c3ccc(F)cc3)n2)C(F)(F)F)ccc1OCC(C)O. The first kappa shape index (κ1) is 30.2. The number of carbonyl (C=O) groups is 1. The summed E-state index contributed by atoms with van der Waals surface area (Å²) in [5.41, 5.74) is -4.05. The molecule has 1 aliphatic heterocycles. The third-order valence-electron chi connectivity index (χ3n) is 7.05. The monoisotopic (exact) mass is 577 g/mol. The van der Waals surface area contributed by atoms with Crippen LogP contribution in [0.25, 0.3) is 11.3 Å². The number of rotatable bonds is 10. The summed E-state index contributed by atoms with van der Waals surface area (Å²) in [4.78, 5) is 17.0. The molecular weight excluding hydrogens is 546 g/mol. The second kappa shape index (κ2) is 11.6. The first-order valence-electron chi connectivity index (χ1n) is 12.9. The average Bonchev–Trinajstić information content (AvgIpc) is 2.92. The van der Waals surface area contributed by atoms with Crippen molar-refractivity contribution in [2.45, 2.75) is 43.7 Å². The van der Waals surface area contributed by atoms with Gasteiger partial charge in [-0.3, -0.25) is 4.79 Å². The minimum Gasteiger partial charge on any atom is -0.493 e. The Morgan fingerprint density at radius 3 is 2.39 bits per heavy atom. The summed E-state index contributed by atoms with van der Waals surface area (Å²) in [6, 6.07) is 11.9. The van der Waals surface area contributed by atoms with Crippen LogP contribution in [0.2, 0.25) is 0 Å². The molecule has 3 unspecified atom stereocenters. The number of halogens is 4. The number of nitrogens with one attached hydrogen (secondary N) is 2. The van der Waals surface area contributed by atoms with E-state index in [1.54, 1.807) is 6.07 Å². The number of benzene rings is 2. The Morgan fingerprint density at radius 2 is 1.83 bits per heavy atom. The molecule has 2 heterocycles. The van der Waals surface area contributed by atoms with Crippen molar-refractivity contribution in [2.24, 2.45) is 0 Å². The van der Waals surface area contributed by atoms with E-state index in [4.69, 9.17) is 9.47 Å². The van der Waals surface area contributed by atoms with Gasteiger partial charge in [0.15, 0.2) is 11.5 Å². The molecule has 41 heavy (non-hydrogen) atoms. The van der Waals surface area contributed by atoms with Gasteiger partial charge in [-0.25, -0.2) is 9.37 Å². The first-order valence-corrected chi connectivity index (χ1v) is 12.9. The topological polar surface area (TPSA) is 113 Å². The number of nitrogens with zero attached hydrogens (tertiary/aromatic N) is 1. The van der Waals surface area contributed by atoms with Gasteiger partial charge in [0.05, 0.1) is 31.1 Å². The summed E-state index contributed by atoms with van der Waals surface area (Å²) in [6.07, 6.45) is -5.35. The Morgan fingerprint density at radius 1 is 1.15 bits per heavy atom. The maximum absolute atomic E-state index is 14.5. The van der Waals surface area contributed by atoms with Crippen molar-refractivity contribution in [3.63, 3.8) is 0 Å². The lowest BCUT2D eigenvalue weighted by molar-refractivity contribution is -0.265. The molecule has 3 aromatic rings. The number of hydrogen-bond acceptors (Lipinski definition) is 7. The van der Waals surface area contributed by atoms with E-state index >= 15 is 0 Å². The van der Waals surface area contributed by atoms with Crippen LogP contribution in [0.4, 0.5) is 17.6 Å². The highest BCUT2D eigenvalue weighted by Crippen LogP contribution is 2.41. The molecule has 2 aromatic carbocycles. The largest absolute Gasteiger partial charge is 0.493 e. The normalized spacial score (nSPS) is 19.0. The lowest BCUT2D eigenvalue weighted by Gasteiger charge is -2.41. The summed E-state index contributed by atoms with van der Waals surface area (Å²) in [5, 5.41) is 25.9. The molecule has 0 spiro atoms. The van der Waals surface area contributed by atoms with E-state index in [1.165, 1.54) is 50.4 Å². The number of pyridine rings is 1. The first-order chi connectivity index (χ1) is 19.3. The Bertz CT molecular complexity index is 1390. The van der Waals surface area contributed by atoms with Gasteiger partial charge in [0.1, 0.15) is 12.4 Å². The summed E-state index contributed by atoms with van der Waals surface area (Å²) in [5.74, 6) is -1.07.